The summed E-state index contributed by atoms with van der Waals surface area (Å²) in [4.78, 5) is 14.4. The lowest BCUT2D eigenvalue weighted by molar-refractivity contribution is -0.119. The van der Waals surface area contributed by atoms with Gasteiger partial charge in [0.15, 0.2) is 11.6 Å². The molecule has 1 saturated heterocycles. The van der Waals surface area contributed by atoms with E-state index in [0.717, 1.165) is 19.0 Å². The fraction of sp³-hybridized carbons (Fsp3) is 0.533. The molecule has 2 rings (SSSR count). The largest absolute Gasteiger partial charge is 0.326 e. The second-order valence-corrected chi connectivity index (χ2v) is 6.75. The van der Waals surface area contributed by atoms with Crippen LogP contribution in [0.25, 0.3) is 0 Å². The van der Waals surface area contributed by atoms with Gasteiger partial charge in [-0.05, 0) is 39.8 Å². The number of carbonyl (C=O) groups excluding carboxylic acids is 1. The lowest BCUT2D eigenvalue weighted by Gasteiger charge is -2.31. The third-order valence-electron chi connectivity index (χ3n) is 3.76. The molecule has 21 heavy (non-hydrogen) atoms. The van der Waals surface area contributed by atoms with E-state index < -0.39 is 11.6 Å². The first-order valence-corrected chi connectivity index (χ1v) is 7.26. The summed E-state index contributed by atoms with van der Waals surface area (Å²) >= 11 is 5.57. The van der Waals surface area contributed by atoms with Gasteiger partial charge in [0.2, 0.25) is 5.91 Å². The van der Waals surface area contributed by atoms with Gasteiger partial charge in [-0.25, -0.2) is 8.78 Å². The minimum Gasteiger partial charge on any atom is -0.326 e. The first-order valence-electron chi connectivity index (χ1n) is 6.89. The van der Waals surface area contributed by atoms with Crippen molar-refractivity contribution >= 4 is 23.2 Å². The predicted molar refractivity (Wildman–Crippen MR) is 79.4 cm³/mol. The smallest absolute Gasteiger partial charge is 0.228 e. The number of benzene rings is 1. The van der Waals surface area contributed by atoms with E-state index in [1.54, 1.807) is 0 Å². The van der Waals surface area contributed by atoms with Crippen molar-refractivity contribution in [2.45, 2.75) is 32.7 Å². The van der Waals surface area contributed by atoms with Crippen LogP contribution in [0.4, 0.5) is 14.5 Å². The summed E-state index contributed by atoms with van der Waals surface area (Å²) in [7, 11) is 0. The van der Waals surface area contributed by atoms with Crippen molar-refractivity contribution in [3.8, 4) is 0 Å². The van der Waals surface area contributed by atoms with Gasteiger partial charge in [-0.1, -0.05) is 11.6 Å². The predicted octanol–water partition coefficient (Wildman–Crippen LogP) is 3.68. The fourth-order valence-corrected chi connectivity index (χ4v) is 2.66. The number of hydrogen-bond acceptors (Lipinski definition) is 2. The summed E-state index contributed by atoms with van der Waals surface area (Å²) in [6.45, 7) is 7.81. The van der Waals surface area contributed by atoms with E-state index in [9.17, 15) is 13.6 Å². The van der Waals surface area contributed by atoms with Gasteiger partial charge in [0.05, 0.1) is 10.9 Å². The zero-order chi connectivity index (χ0) is 15.8. The van der Waals surface area contributed by atoms with E-state index >= 15 is 0 Å². The van der Waals surface area contributed by atoms with Gasteiger partial charge in [0.25, 0.3) is 0 Å². The molecule has 1 aliphatic rings. The van der Waals surface area contributed by atoms with Crippen LogP contribution in [0.2, 0.25) is 5.02 Å². The zero-order valence-corrected chi connectivity index (χ0v) is 13.1. The first kappa shape index (κ1) is 16.2. The summed E-state index contributed by atoms with van der Waals surface area (Å²) in [5, 5.41) is 2.27. The highest BCUT2D eigenvalue weighted by Crippen LogP contribution is 2.27. The Balaban J connectivity index is 2.03. The third kappa shape index (κ3) is 3.71. The number of hydrogen-bond donors (Lipinski definition) is 1. The van der Waals surface area contributed by atoms with Gasteiger partial charge >= 0.3 is 0 Å². The Bertz CT molecular complexity index is 534. The summed E-state index contributed by atoms with van der Waals surface area (Å²) in [6, 6.07) is 2.16. The summed E-state index contributed by atoms with van der Waals surface area (Å²) < 4.78 is 26.4. The van der Waals surface area contributed by atoms with E-state index in [2.05, 4.69) is 31.0 Å². The molecule has 1 N–H and O–H groups in total. The highest BCUT2D eigenvalue weighted by atomic mass is 35.5. The van der Waals surface area contributed by atoms with E-state index in [1.807, 2.05) is 0 Å². The Morgan fingerprint density at radius 1 is 1.38 bits per heavy atom. The number of rotatable bonds is 2. The average Bonchev–Trinajstić information content (AvgIpc) is 2.85. The van der Waals surface area contributed by atoms with Crippen molar-refractivity contribution in [1.82, 2.24) is 4.90 Å². The lowest BCUT2D eigenvalue weighted by atomic mass is 10.1. The minimum atomic E-state index is -1.10. The highest BCUT2D eigenvalue weighted by molar-refractivity contribution is 6.31. The molecule has 1 heterocycles. The highest BCUT2D eigenvalue weighted by Gasteiger charge is 2.33. The van der Waals surface area contributed by atoms with Gasteiger partial charge in [-0.3, -0.25) is 9.69 Å². The standard InChI is InChI=1S/C15H19ClF2N2O/c1-15(2,3)20-5-4-9(8-20)14(21)19-10-6-11(16)13(18)12(17)7-10/h6-7,9H,4-5,8H2,1-3H3,(H,19,21)/t9-/m0/s1. The van der Waals surface area contributed by atoms with Gasteiger partial charge < -0.3 is 5.32 Å². The van der Waals surface area contributed by atoms with E-state index in [1.165, 1.54) is 6.07 Å². The monoisotopic (exact) mass is 316 g/mol. The molecule has 1 aliphatic heterocycles. The van der Waals surface area contributed by atoms with Crippen LogP contribution in [0.15, 0.2) is 12.1 Å². The first-order chi connectivity index (χ1) is 9.68. The normalized spacial score (nSPS) is 19.8. The molecule has 0 spiro atoms. The summed E-state index contributed by atoms with van der Waals surface area (Å²) in [5.74, 6) is -2.52. The van der Waals surface area contributed by atoms with Crippen molar-refractivity contribution in [2.75, 3.05) is 18.4 Å². The lowest BCUT2D eigenvalue weighted by Crippen LogP contribution is -2.40. The molecule has 1 aromatic rings. The van der Waals surface area contributed by atoms with Crippen molar-refractivity contribution in [2.24, 2.45) is 5.92 Å². The van der Waals surface area contributed by atoms with Crippen molar-refractivity contribution in [3.05, 3.63) is 28.8 Å². The van der Waals surface area contributed by atoms with Crippen LogP contribution in [0.3, 0.4) is 0 Å². The fourth-order valence-electron chi connectivity index (χ4n) is 2.46. The Labute approximate surface area is 128 Å². The van der Waals surface area contributed by atoms with Gasteiger partial charge in [-0.2, -0.15) is 0 Å². The molecular formula is C15H19ClF2N2O. The minimum absolute atomic E-state index is 0.0142. The van der Waals surface area contributed by atoms with Crippen LogP contribution < -0.4 is 5.32 Å². The zero-order valence-electron chi connectivity index (χ0n) is 12.3. The number of nitrogens with zero attached hydrogens (tertiary/aromatic N) is 1. The Kier molecular flexibility index (Phi) is 4.54. The molecule has 6 heteroatoms. The van der Waals surface area contributed by atoms with Gasteiger partial charge in [0.1, 0.15) is 0 Å². The summed E-state index contributed by atoms with van der Waals surface area (Å²) in [5.41, 5.74) is 0.193. The topological polar surface area (TPSA) is 32.3 Å². The SMILES string of the molecule is CC(C)(C)N1CC[C@H](C(=O)Nc2cc(F)c(F)c(Cl)c2)C1. The molecule has 1 aromatic carbocycles. The molecule has 116 valence electrons. The number of carbonyl (C=O) groups is 1. The summed E-state index contributed by atoms with van der Waals surface area (Å²) in [6.07, 6.45) is 0.751. The molecule has 1 fully saturated rings. The van der Waals surface area contributed by atoms with Crippen molar-refractivity contribution in [1.29, 1.82) is 0 Å². The molecule has 3 nitrogen and oxygen atoms in total. The van der Waals surface area contributed by atoms with E-state index in [4.69, 9.17) is 11.6 Å². The molecule has 1 atom stereocenters. The van der Waals surface area contributed by atoms with Crippen LogP contribution in [0.5, 0.6) is 0 Å². The van der Waals surface area contributed by atoms with Crippen LogP contribution >= 0.6 is 11.6 Å². The quantitative estimate of drug-likeness (QED) is 0.844. The van der Waals surface area contributed by atoms with Crippen LogP contribution in [0, 0.1) is 17.6 Å². The maximum absolute atomic E-state index is 13.3. The van der Waals surface area contributed by atoms with Crippen LogP contribution in [-0.4, -0.2) is 29.4 Å². The van der Waals surface area contributed by atoms with Crippen molar-refractivity contribution in [3.63, 3.8) is 0 Å². The number of anilines is 1. The maximum atomic E-state index is 13.3. The number of nitrogens with one attached hydrogen (secondary N) is 1. The van der Waals surface area contributed by atoms with Gasteiger partial charge in [-0.15, -0.1) is 0 Å². The molecule has 0 bridgehead atoms. The van der Waals surface area contributed by atoms with E-state index in [-0.39, 0.29) is 28.1 Å². The molecule has 0 radical (unpaired) electrons. The van der Waals surface area contributed by atoms with Crippen molar-refractivity contribution < 1.29 is 13.6 Å². The molecule has 0 saturated carbocycles. The Hall–Kier alpha value is -1.20. The molecule has 1 amide bonds. The maximum Gasteiger partial charge on any atom is 0.228 e. The average molecular weight is 317 g/mol. The van der Waals surface area contributed by atoms with E-state index in [0.29, 0.717) is 6.54 Å². The van der Waals surface area contributed by atoms with Crippen LogP contribution in [0.1, 0.15) is 27.2 Å². The molecule has 0 aromatic heterocycles. The number of amides is 1. The molecule has 0 unspecified atom stereocenters. The van der Waals surface area contributed by atoms with Gasteiger partial charge in [0, 0.05) is 23.8 Å². The van der Waals surface area contributed by atoms with Crippen LogP contribution in [-0.2, 0) is 4.79 Å². The number of halogens is 3. The molecular weight excluding hydrogens is 298 g/mol. The Morgan fingerprint density at radius 3 is 2.57 bits per heavy atom. The second-order valence-electron chi connectivity index (χ2n) is 6.35. The molecule has 0 aliphatic carbocycles. The third-order valence-corrected chi connectivity index (χ3v) is 4.03. The Morgan fingerprint density at radius 2 is 2.05 bits per heavy atom. The number of likely N-dealkylation sites (tertiary alicyclic amines) is 1. The second kappa shape index (κ2) is 5.89.